The highest BCUT2D eigenvalue weighted by molar-refractivity contribution is 6.04. The van der Waals surface area contributed by atoms with Gasteiger partial charge in [-0.3, -0.25) is 19.2 Å². The number of fused-ring (bicyclic) bond motifs is 1. The predicted molar refractivity (Wildman–Crippen MR) is 126 cm³/mol. The smallest absolute Gasteiger partial charge is 0.316 e. The summed E-state index contributed by atoms with van der Waals surface area (Å²) >= 11 is 0. The lowest BCUT2D eigenvalue weighted by atomic mass is 10.1. The minimum absolute atomic E-state index is 0.186. The summed E-state index contributed by atoms with van der Waals surface area (Å²) in [5.41, 5.74) is 1.29. The van der Waals surface area contributed by atoms with Crippen LogP contribution in [0.15, 0.2) is 76.3 Å². The Labute approximate surface area is 193 Å². The molecular formula is C25H21FN4O4. The molecule has 1 heterocycles. The SMILES string of the molecule is CCn1c(=O)c(=O)[nH]c2cc(C(=O)NCc3cccc(NC(=O)c4cccc(F)c4)c3)ccc21. The monoisotopic (exact) mass is 460 g/mol. The van der Waals surface area contributed by atoms with E-state index in [9.17, 15) is 23.6 Å². The average molecular weight is 460 g/mol. The van der Waals surface area contributed by atoms with Gasteiger partial charge in [-0.05, 0) is 61.0 Å². The number of amides is 2. The van der Waals surface area contributed by atoms with Gasteiger partial charge in [0.05, 0.1) is 11.0 Å². The number of hydrogen-bond donors (Lipinski definition) is 3. The molecule has 0 spiro atoms. The van der Waals surface area contributed by atoms with Crippen molar-refractivity contribution in [1.29, 1.82) is 0 Å². The van der Waals surface area contributed by atoms with E-state index in [2.05, 4.69) is 15.6 Å². The first-order valence-electron chi connectivity index (χ1n) is 10.6. The van der Waals surface area contributed by atoms with E-state index in [-0.39, 0.29) is 18.0 Å². The summed E-state index contributed by atoms with van der Waals surface area (Å²) in [5.74, 6) is -1.32. The maximum atomic E-state index is 13.4. The second-order valence-electron chi connectivity index (χ2n) is 7.58. The van der Waals surface area contributed by atoms with Gasteiger partial charge in [0.1, 0.15) is 5.82 Å². The third kappa shape index (κ3) is 4.78. The Morgan fingerprint density at radius 1 is 0.941 bits per heavy atom. The summed E-state index contributed by atoms with van der Waals surface area (Å²) in [7, 11) is 0. The molecule has 172 valence electrons. The zero-order valence-electron chi connectivity index (χ0n) is 18.2. The predicted octanol–water partition coefficient (Wildman–Crippen LogP) is 3.03. The van der Waals surface area contributed by atoms with Crippen LogP contribution < -0.4 is 21.8 Å². The van der Waals surface area contributed by atoms with Crippen LogP contribution in [0.1, 0.15) is 33.2 Å². The molecule has 0 radical (unpaired) electrons. The van der Waals surface area contributed by atoms with Gasteiger partial charge >= 0.3 is 11.1 Å². The second kappa shape index (κ2) is 9.53. The van der Waals surface area contributed by atoms with Gasteiger partial charge < -0.3 is 20.2 Å². The van der Waals surface area contributed by atoms with E-state index in [0.29, 0.717) is 28.8 Å². The number of aryl methyl sites for hydroxylation is 1. The normalized spacial score (nSPS) is 10.8. The third-order valence-electron chi connectivity index (χ3n) is 5.28. The van der Waals surface area contributed by atoms with E-state index >= 15 is 0 Å². The third-order valence-corrected chi connectivity index (χ3v) is 5.28. The van der Waals surface area contributed by atoms with E-state index in [1.807, 2.05) is 0 Å². The first-order valence-corrected chi connectivity index (χ1v) is 10.6. The summed E-state index contributed by atoms with van der Waals surface area (Å²) in [6.07, 6.45) is 0. The molecule has 4 rings (SSSR count). The molecule has 4 aromatic rings. The van der Waals surface area contributed by atoms with Crippen molar-refractivity contribution < 1.29 is 14.0 Å². The van der Waals surface area contributed by atoms with Crippen LogP contribution in [0.5, 0.6) is 0 Å². The van der Waals surface area contributed by atoms with Crippen molar-refractivity contribution in [2.24, 2.45) is 0 Å². The zero-order chi connectivity index (χ0) is 24.2. The molecule has 0 atom stereocenters. The number of nitrogens with zero attached hydrogens (tertiary/aromatic N) is 1. The van der Waals surface area contributed by atoms with Crippen LogP contribution in [-0.4, -0.2) is 21.4 Å². The summed E-state index contributed by atoms with van der Waals surface area (Å²) in [4.78, 5) is 51.4. The second-order valence-corrected chi connectivity index (χ2v) is 7.58. The van der Waals surface area contributed by atoms with Gasteiger partial charge in [-0.15, -0.1) is 0 Å². The fraction of sp³-hybridized carbons (Fsp3) is 0.120. The summed E-state index contributed by atoms with van der Waals surface area (Å²) in [5, 5.41) is 5.50. The topological polar surface area (TPSA) is 113 Å². The van der Waals surface area contributed by atoms with Crippen LogP contribution in [0.2, 0.25) is 0 Å². The number of rotatable bonds is 6. The summed E-state index contributed by atoms with van der Waals surface area (Å²) in [6, 6.07) is 17.0. The largest absolute Gasteiger partial charge is 0.348 e. The molecule has 0 aliphatic heterocycles. The molecule has 0 saturated carbocycles. The van der Waals surface area contributed by atoms with E-state index in [0.717, 1.165) is 11.6 Å². The maximum Gasteiger partial charge on any atom is 0.316 e. The van der Waals surface area contributed by atoms with Crippen molar-refractivity contribution in [3.63, 3.8) is 0 Å². The number of nitrogens with one attached hydrogen (secondary N) is 3. The van der Waals surface area contributed by atoms with Gasteiger partial charge in [0, 0.05) is 29.9 Å². The Balaban J connectivity index is 1.46. The average Bonchev–Trinajstić information content (AvgIpc) is 2.83. The van der Waals surface area contributed by atoms with Crippen molar-refractivity contribution >= 4 is 28.5 Å². The lowest BCUT2D eigenvalue weighted by Gasteiger charge is -2.10. The van der Waals surface area contributed by atoms with Gasteiger partial charge in [0.25, 0.3) is 11.8 Å². The lowest BCUT2D eigenvalue weighted by Crippen LogP contribution is -2.36. The van der Waals surface area contributed by atoms with Crippen LogP contribution in [0.4, 0.5) is 10.1 Å². The molecule has 1 aromatic heterocycles. The molecule has 3 N–H and O–H groups in total. The first kappa shape index (κ1) is 22.7. The molecule has 8 nitrogen and oxygen atoms in total. The number of carbonyl (C=O) groups excluding carboxylic acids is 2. The minimum Gasteiger partial charge on any atom is -0.348 e. The molecule has 9 heteroatoms. The first-order chi connectivity index (χ1) is 16.4. The van der Waals surface area contributed by atoms with Crippen molar-refractivity contribution in [2.75, 3.05) is 5.32 Å². The summed E-state index contributed by atoms with van der Waals surface area (Å²) < 4.78 is 14.7. The van der Waals surface area contributed by atoms with Crippen LogP contribution in [0, 0.1) is 5.82 Å². The molecule has 34 heavy (non-hydrogen) atoms. The molecule has 0 saturated heterocycles. The molecule has 0 aliphatic rings. The fourth-order valence-electron chi connectivity index (χ4n) is 3.61. The van der Waals surface area contributed by atoms with Gasteiger partial charge in [0.2, 0.25) is 0 Å². The van der Waals surface area contributed by atoms with Crippen LogP contribution >= 0.6 is 0 Å². The number of hydrogen-bond acceptors (Lipinski definition) is 4. The van der Waals surface area contributed by atoms with Crippen molar-refractivity contribution in [1.82, 2.24) is 14.9 Å². The number of carbonyl (C=O) groups is 2. The number of aromatic nitrogens is 2. The number of H-pyrrole nitrogens is 1. The maximum absolute atomic E-state index is 13.4. The summed E-state index contributed by atoms with van der Waals surface area (Å²) in [6.45, 7) is 2.28. The molecule has 0 unspecified atom stereocenters. The van der Waals surface area contributed by atoms with E-state index < -0.39 is 22.8 Å². The molecular weight excluding hydrogens is 439 g/mol. The molecule has 2 amide bonds. The van der Waals surface area contributed by atoms with Crippen molar-refractivity contribution in [3.05, 3.63) is 110 Å². The standard InChI is InChI=1S/C25H21FN4O4/c1-2-30-21-10-9-17(13-20(21)29-24(33)25(30)34)22(31)27-14-15-5-3-8-19(11-15)28-23(32)16-6-4-7-18(26)12-16/h3-13H,2,14H2,1H3,(H,27,31)(H,28,32)(H,29,33). The van der Waals surface area contributed by atoms with Gasteiger partial charge in [-0.2, -0.15) is 0 Å². The lowest BCUT2D eigenvalue weighted by molar-refractivity contribution is 0.0950. The Hall–Kier alpha value is -4.53. The number of benzene rings is 3. The van der Waals surface area contributed by atoms with E-state index in [1.54, 1.807) is 43.3 Å². The Bertz CT molecular complexity index is 1520. The van der Waals surface area contributed by atoms with Gasteiger partial charge in [-0.1, -0.05) is 18.2 Å². The fourth-order valence-corrected chi connectivity index (χ4v) is 3.61. The number of halogens is 1. The van der Waals surface area contributed by atoms with Crippen LogP contribution in [0.3, 0.4) is 0 Å². The highest BCUT2D eigenvalue weighted by Crippen LogP contribution is 2.15. The van der Waals surface area contributed by atoms with E-state index in [4.69, 9.17) is 0 Å². The van der Waals surface area contributed by atoms with Gasteiger partial charge in [0.15, 0.2) is 0 Å². The molecule has 0 aliphatic carbocycles. The molecule has 0 fully saturated rings. The highest BCUT2D eigenvalue weighted by atomic mass is 19.1. The van der Waals surface area contributed by atoms with E-state index in [1.165, 1.54) is 28.8 Å². The zero-order valence-corrected chi connectivity index (χ0v) is 18.2. The molecule has 3 aromatic carbocycles. The van der Waals surface area contributed by atoms with Gasteiger partial charge in [-0.25, -0.2) is 4.39 Å². The van der Waals surface area contributed by atoms with Crippen LogP contribution in [0.25, 0.3) is 11.0 Å². The Kier molecular flexibility index (Phi) is 6.35. The number of aromatic amines is 1. The quantitative estimate of drug-likeness (QED) is 0.384. The Morgan fingerprint density at radius 2 is 1.71 bits per heavy atom. The minimum atomic E-state index is -0.746. The Morgan fingerprint density at radius 3 is 2.47 bits per heavy atom. The van der Waals surface area contributed by atoms with Crippen LogP contribution in [-0.2, 0) is 13.1 Å². The van der Waals surface area contributed by atoms with Crippen molar-refractivity contribution in [3.8, 4) is 0 Å². The highest BCUT2D eigenvalue weighted by Gasteiger charge is 2.11. The van der Waals surface area contributed by atoms with Crippen molar-refractivity contribution in [2.45, 2.75) is 20.0 Å². The number of anilines is 1. The molecule has 0 bridgehead atoms.